The minimum Gasteiger partial charge on any atom is -0.399 e. The highest BCUT2D eigenvalue weighted by Crippen LogP contribution is 2.26. The van der Waals surface area contributed by atoms with Gasteiger partial charge in [-0.15, -0.1) is 0 Å². The summed E-state index contributed by atoms with van der Waals surface area (Å²) in [6, 6.07) is 3.36. The lowest BCUT2D eigenvalue weighted by molar-refractivity contribution is 0.414. The third-order valence-corrected chi connectivity index (χ3v) is 6.24. The van der Waals surface area contributed by atoms with E-state index in [4.69, 9.17) is 5.73 Å². The minimum absolute atomic E-state index is 0.0450. The Balaban J connectivity index is 3.28. The van der Waals surface area contributed by atoms with Crippen molar-refractivity contribution >= 4 is 27.5 Å². The van der Waals surface area contributed by atoms with Crippen molar-refractivity contribution in [3.63, 3.8) is 0 Å². The Morgan fingerprint density at radius 2 is 1.79 bits per heavy atom. The van der Waals surface area contributed by atoms with Crippen LogP contribution in [0.4, 0.5) is 5.69 Å². The zero-order valence-electron chi connectivity index (χ0n) is 12.1. The van der Waals surface area contributed by atoms with E-state index in [2.05, 4.69) is 0 Å². The van der Waals surface area contributed by atoms with Crippen molar-refractivity contribution in [2.45, 2.75) is 31.7 Å². The van der Waals surface area contributed by atoms with Crippen LogP contribution in [0.15, 0.2) is 17.0 Å². The number of sulfonamides is 1. The molecule has 2 N–H and O–H groups in total. The van der Waals surface area contributed by atoms with Gasteiger partial charge in [0.2, 0.25) is 10.0 Å². The monoisotopic (exact) mass is 302 g/mol. The number of nitrogens with zero attached hydrogens (tertiary/aromatic N) is 1. The molecular formula is C13H22N2O2S2. The fourth-order valence-electron chi connectivity index (χ4n) is 2.12. The van der Waals surface area contributed by atoms with Crippen molar-refractivity contribution in [3.05, 3.63) is 23.3 Å². The van der Waals surface area contributed by atoms with Gasteiger partial charge in [0.15, 0.2) is 0 Å². The van der Waals surface area contributed by atoms with Gasteiger partial charge < -0.3 is 5.73 Å². The number of benzene rings is 1. The molecule has 1 aromatic carbocycles. The van der Waals surface area contributed by atoms with E-state index in [9.17, 15) is 8.42 Å². The number of nitrogens with two attached hydrogens (primary N) is 1. The summed E-state index contributed by atoms with van der Waals surface area (Å²) in [4.78, 5) is 0.372. The maximum absolute atomic E-state index is 12.7. The van der Waals surface area contributed by atoms with Crippen LogP contribution in [0.2, 0.25) is 0 Å². The van der Waals surface area contributed by atoms with Gasteiger partial charge in [0.05, 0.1) is 4.90 Å². The van der Waals surface area contributed by atoms with Crippen molar-refractivity contribution in [3.8, 4) is 0 Å². The smallest absolute Gasteiger partial charge is 0.243 e. The molecule has 0 aromatic heterocycles. The lowest BCUT2D eigenvalue weighted by atomic mass is 10.1. The zero-order valence-corrected chi connectivity index (χ0v) is 13.7. The quantitative estimate of drug-likeness (QED) is 0.847. The number of aryl methyl sites for hydroxylation is 2. The predicted molar refractivity (Wildman–Crippen MR) is 83.1 cm³/mol. The van der Waals surface area contributed by atoms with Gasteiger partial charge in [0.25, 0.3) is 0 Å². The standard InChI is InChI=1S/C13H22N2O2S2/c1-9-6-12(14)7-10(2)13(9)19(16,17)15(4)11(3)8-18-5/h6-7,11H,8,14H2,1-5H3. The van der Waals surface area contributed by atoms with E-state index < -0.39 is 10.0 Å². The molecule has 1 rings (SSSR count). The molecular weight excluding hydrogens is 280 g/mol. The molecule has 108 valence electrons. The summed E-state index contributed by atoms with van der Waals surface area (Å²) in [5, 5.41) is 0. The molecule has 19 heavy (non-hydrogen) atoms. The molecule has 1 aromatic rings. The molecule has 6 heteroatoms. The summed E-state index contributed by atoms with van der Waals surface area (Å²) in [7, 11) is -1.84. The first kappa shape index (κ1) is 16.3. The van der Waals surface area contributed by atoms with Gasteiger partial charge in [0, 0.05) is 24.5 Å². The van der Waals surface area contributed by atoms with Crippen LogP contribution >= 0.6 is 11.8 Å². The lowest BCUT2D eigenvalue weighted by Crippen LogP contribution is -2.37. The first-order valence-corrected chi connectivity index (χ1v) is 8.89. The first-order valence-electron chi connectivity index (χ1n) is 6.05. The second kappa shape index (κ2) is 6.15. The molecule has 0 amide bonds. The number of hydrogen-bond acceptors (Lipinski definition) is 4. The minimum atomic E-state index is -3.47. The van der Waals surface area contributed by atoms with Crippen molar-refractivity contribution in [2.24, 2.45) is 0 Å². The van der Waals surface area contributed by atoms with Crippen molar-refractivity contribution in [1.29, 1.82) is 0 Å². The van der Waals surface area contributed by atoms with Gasteiger partial charge in [-0.05, 0) is 50.3 Å². The molecule has 0 spiro atoms. The molecule has 0 bridgehead atoms. The van der Waals surface area contributed by atoms with E-state index >= 15 is 0 Å². The Morgan fingerprint density at radius 3 is 2.21 bits per heavy atom. The SMILES string of the molecule is CSCC(C)N(C)S(=O)(=O)c1c(C)cc(N)cc1C. The van der Waals surface area contributed by atoms with Crippen molar-refractivity contribution < 1.29 is 8.42 Å². The summed E-state index contributed by atoms with van der Waals surface area (Å²) in [6.07, 6.45) is 1.97. The summed E-state index contributed by atoms with van der Waals surface area (Å²) in [5.41, 5.74) is 7.73. The van der Waals surface area contributed by atoms with E-state index in [1.165, 1.54) is 4.31 Å². The van der Waals surface area contributed by atoms with Gasteiger partial charge >= 0.3 is 0 Å². The molecule has 0 aliphatic heterocycles. The molecule has 1 unspecified atom stereocenters. The van der Waals surface area contributed by atoms with Crippen LogP contribution in [-0.2, 0) is 10.0 Å². The molecule has 0 fully saturated rings. The summed E-state index contributed by atoms with van der Waals surface area (Å²) in [5.74, 6) is 0.767. The molecule has 0 saturated heterocycles. The number of rotatable bonds is 5. The van der Waals surface area contributed by atoms with E-state index in [1.807, 2.05) is 13.2 Å². The van der Waals surface area contributed by atoms with Crippen LogP contribution < -0.4 is 5.73 Å². The average molecular weight is 302 g/mol. The molecule has 0 aliphatic carbocycles. The lowest BCUT2D eigenvalue weighted by Gasteiger charge is -2.25. The summed E-state index contributed by atoms with van der Waals surface area (Å²) >= 11 is 1.63. The van der Waals surface area contributed by atoms with E-state index in [0.717, 1.165) is 5.75 Å². The van der Waals surface area contributed by atoms with E-state index in [0.29, 0.717) is 21.7 Å². The normalized spacial score (nSPS) is 13.8. The molecule has 1 atom stereocenters. The third-order valence-electron chi connectivity index (χ3n) is 3.15. The number of nitrogen functional groups attached to an aromatic ring is 1. The summed E-state index contributed by atoms with van der Waals surface area (Å²) in [6.45, 7) is 5.47. The molecule has 0 saturated carbocycles. The zero-order chi connectivity index (χ0) is 14.8. The van der Waals surface area contributed by atoms with Crippen LogP contribution in [0.5, 0.6) is 0 Å². The fraction of sp³-hybridized carbons (Fsp3) is 0.538. The Kier molecular flexibility index (Phi) is 5.29. The van der Waals surface area contributed by atoms with Crippen LogP contribution in [0, 0.1) is 13.8 Å². The largest absolute Gasteiger partial charge is 0.399 e. The number of hydrogen-bond donors (Lipinski definition) is 1. The van der Waals surface area contributed by atoms with Crippen molar-refractivity contribution in [2.75, 3.05) is 24.8 Å². The van der Waals surface area contributed by atoms with Crippen LogP contribution in [0.1, 0.15) is 18.1 Å². The van der Waals surface area contributed by atoms with Gasteiger partial charge in [-0.2, -0.15) is 16.1 Å². The second-order valence-electron chi connectivity index (χ2n) is 4.81. The van der Waals surface area contributed by atoms with Crippen LogP contribution in [-0.4, -0.2) is 37.8 Å². The molecule has 0 heterocycles. The fourth-order valence-corrected chi connectivity index (χ4v) is 4.69. The highest BCUT2D eigenvalue weighted by molar-refractivity contribution is 7.98. The van der Waals surface area contributed by atoms with Crippen molar-refractivity contribution in [1.82, 2.24) is 4.31 Å². The predicted octanol–water partition coefficient (Wildman–Crippen LogP) is 2.26. The Morgan fingerprint density at radius 1 is 1.32 bits per heavy atom. The Labute approximate surface area is 120 Å². The first-order chi connectivity index (χ1) is 8.71. The van der Waals surface area contributed by atoms with Crippen LogP contribution in [0.3, 0.4) is 0 Å². The average Bonchev–Trinajstić information content (AvgIpc) is 2.26. The number of anilines is 1. The topological polar surface area (TPSA) is 63.4 Å². The molecule has 0 radical (unpaired) electrons. The molecule has 0 aliphatic rings. The van der Waals surface area contributed by atoms with Gasteiger partial charge in [0.1, 0.15) is 0 Å². The summed E-state index contributed by atoms with van der Waals surface area (Å²) < 4.78 is 26.8. The van der Waals surface area contributed by atoms with Crippen LogP contribution in [0.25, 0.3) is 0 Å². The second-order valence-corrected chi connectivity index (χ2v) is 7.65. The maximum Gasteiger partial charge on any atom is 0.243 e. The highest BCUT2D eigenvalue weighted by atomic mass is 32.2. The van der Waals surface area contributed by atoms with Gasteiger partial charge in [-0.25, -0.2) is 8.42 Å². The van der Waals surface area contributed by atoms with E-state index in [1.54, 1.807) is 44.8 Å². The van der Waals surface area contributed by atoms with Gasteiger partial charge in [-0.3, -0.25) is 0 Å². The Hall–Kier alpha value is -0.720. The molecule has 4 nitrogen and oxygen atoms in total. The third kappa shape index (κ3) is 3.43. The Bertz CT molecular complexity index is 533. The van der Waals surface area contributed by atoms with Gasteiger partial charge in [-0.1, -0.05) is 0 Å². The van der Waals surface area contributed by atoms with E-state index in [-0.39, 0.29) is 6.04 Å². The number of thioether (sulfide) groups is 1. The maximum atomic E-state index is 12.7. The highest BCUT2D eigenvalue weighted by Gasteiger charge is 2.28.